The predicted octanol–water partition coefficient (Wildman–Crippen LogP) is 2.16. The van der Waals surface area contributed by atoms with Crippen molar-refractivity contribution in [1.82, 2.24) is 20.0 Å². The molecule has 2 aromatic heterocycles. The molecular formula is C15H15N5O2. The summed E-state index contributed by atoms with van der Waals surface area (Å²) in [6, 6.07) is 11.2. The maximum atomic E-state index is 12.3. The van der Waals surface area contributed by atoms with Gasteiger partial charge in [0.2, 0.25) is 0 Å². The summed E-state index contributed by atoms with van der Waals surface area (Å²) in [4.78, 5) is 12.3. The van der Waals surface area contributed by atoms with Crippen LogP contribution in [0.15, 0.2) is 42.6 Å². The van der Waals surface area contributed by atoms with Gasteiger partial charge >= 0.3 is 0 Å². The topological polar surface area (TPSA) is 84.8 Å². The average Bonchev–Trinajstić information content (AvgIpc) is 3.14. The van der Waals surface area contributed by atoms with Crippen LogP contribution in [-0.4, -0.2) is 33.0 Å². The zero-order chi connectivity index (χ0) is 15.5. The van der Waals surface area contributed by atoms with E-state index in [-0.39, 0.29) is 11.6 Å². The summed E-state index contributed by atoms with van der Waals surface area (Å²) >= 11 is 0. The summed E-state index contributed by atoms with van der Waals surface area (Å²) in [6.45, 7) is 1.85. The van der Waals surface area contributed by atoms with Crippen molar-refractivity contribution in [2.24, 2.45) is 0 Å². The first-order valence-electron chi connectivity index (χ1n) is 6.70. The maximum absolute atomic E-state index is 12.3. The molecule has 0 bridgehead atoms. The van der Waals surface area contributed by atoms with E-state index in [2.05, 4.69) is 20.6 Å². The number of amides is 1. The number of benzene rings is 1. The number of aromatic nitrogens is 4. The molecule has 0 spiro atoms. The summed E-state index contributed by atoms with van der Waals surface area (Å²) in [7, 11) is 1.50. The van der Waals surface area contributed by atoms with Gasteiger partial charge in [-0.3, -0.25) is 9.89 Å². The Bertz CT molecular complexity index is 791. The van der Waals surface area contributed by atoms with Crippen LogP contribution in [0.1, 0.15) is 16.2 Å². The Morgan fingerprint density at radius 1 is 1.32 bits per heavy atom. The van der Waals surface area contributed by atoms with Crippen molar-refractivity contribution in [3.63, 3.8) is 0 Å². The van der Waals surface area contributed by atoms with Crippen molar-refractivity contribution in [2.75, 3.05) is 12.4 Å². The number of hydrogen-bond donors (Lipinski definition) is 2. The molecule has 112 valence electrons. The van der Waals surface area contributed by atoms with Crippen LogP contribution in [0, 0.1) is 6.92 Å². The zero-order valence-electron chi connectivity index (χ0n) is 12.2. The van der Waals surface area contributed by atoms with Crippen LogP contribution < -0.4 is 10.1 Å². The lowest BCUT2D eigenvalue weighted by Gasteiger charge is -2.00. The number of para-hydroxylation sites is 1. The fraction of sp³-hybridized carbons (Fsp3) is 0.133. The molecule has 0 aliphatic rings. The molecule has 0 saturated heterocycles. The minimum Gasteiger partial charge on any atom is -0.493 e. The van der Waals surface area contributed by atoms with Crippen molar-refractivity contribution >= 4 is 11.7 Å². The quantitative estimate of drug-likeness (QED) is 0.773. The van der Waals surface area contributed by atoms with E-state index in [1.54, 1.807) is 16.9 Å². The normalized spacial score (nSPS) is 10.5. The lowest BCUT2D eigenvalue weighted by Crippen LogP contribution is -2.14. The standard InChI is InChI=1S/C15H15N5O2/c1-10-8-13(18-17-10)16-15(21)14-12(22-2)9-20(19-14)11-6-4-3-5-7-11/h3-9H,1-2H3,(H2,16,17,18,21). The number of aryl methyl sites for hydroxylation is 1. The highest BCUT2D eigenvalue weighted by molar-refractivity contribution is 6.04. The van der Waals surface area contributed by atoms with Crippen LogP contribution >= 0.6 is 0 Å². The Hall–Kier alpha value is -3.09. The van der Waals surface area contributed by atoms with Crippen LogP contribution in [-0.2, 0) is 0 Å². The Balaban J connectivity index is 1.89. The molecule has 3 aromatic rings. The molecule has 7 nitrogen and oxygen atoms in total. The van der Waals surface area contributed by atoms with Crippen molar-refractivity contribution in [3.05, 3.63) is 54.0 Å². The third-order valence-corrected chi connectivity index (χ3v) is 3.08. The highest BCUT2D eigenvalue weighted by Crippen LogP contribution is 2.20. The second-order valence-corrected chi connectivity index (χ2v) is 4.72. The molecule has 2 N–H and O–H groups in total. The van der Waals surface area contributed by atoms with Gasteiger partial charge in [0, 0.05) is 11.8 Å². The molecule has 0 atom stereocenters. The molecule has 1 amide bonds. The minimum atomic E-state index is -0.377. The van der Waals surface area contributed by atoms with Gasteiger partial charge in [0.25, 0.3) is 5.91 Å². The van der Waals surface area contributed by atoms with Gasteiger partial charge in [-0.2, -0.15) is 10.2 Å². The third-order valence-electron chi connectivity index (χ3n) is 3.08. The van der Waals surface area contributed by atoms with Gasteiger partial charge in [-0.1, -0.05) is 18.2 Å². The Morgan fingerprint density at radius 2 is 2.09 bits per heavy atom. The second kappa shape index (κ2) is 5.72. The number of methoxy groups -OCH3 is 1. The Kier molecular flexibility index (Phi) is 3.61. The van der Waals surface area contributed by atoms with E-state index < -0.39 is 0 Å². The fourth-order valence-corrected chi connectivity index (χ4v) is 2.04. The van der Waals surface area contributed by atoms with Crippen molar-refractivity contribution in [3.8, 4) is 11.4 Å². The largest absolute Gasteiger partial charge is 0.493 e. The number of nitrogens with one attached hydrogen (secondary N) is 2. The van der Waals surface area contributed by atoms with Gasteiger partial charge in [0.1, 0.15) is 0 Å². The van der Waals surface area contributed by atoms with Crippen LogP contribution in [0.25, 0.3) is 5.69 Å². The van der Waals surface area contributed by atoms with E-state index in [9.17, 15) is 4.79 Å². The highest BCUT2D eigenvalue weighted by Gasteiger charge is 2.19. The van der Waals surface area contributed by atoms with Gasteiger partial charge in [-0.05, 0) is 19.1 Å². The molecule has 0 aliphatic carbocycles. The van der Waals surface area contributed by atoms with E-state index in [1.165, 1.54) is 7.11 Å². The smallest absolute Gasteiger partial charge is 0.281 e. The summed E-state index contributed by atoms with van der Waals surface area (Å²) in [5, 5.41) is 13.7. The first-order chi connectivity index (χ1) is 10.7. The molecule has 0 radical (unpaired) electrons. The Morgan fingerprint density at radius 3 is 2.73 bits per heavy atom. The summed E-state index contributed by atoms with van der Waals surface area (Å²) in [5.41, 5.74) is 1.90. The lowest BCUT2D eigenvalue weighted by molar-refractivity contribution is 0.101. The molecule has 7 heteroatoms. The summed E-state index contributed by atoms with van der Waals surface area (Å²) < 4.78 is 6.84. The molecule has 0 saturated carbocycles. The second-order valence-electron chi connectivity index (χ2n) is 4.72. The number of aromatic amines is 1. The zero-order valence-corrected chi connectivity index (χ0v) is 12.2. The molecule has 1 aromatic carbocycles. The summed E-state index contributed by atoms with van der Waals surface area (Å²) in [5.74, 6) is 0.463. The molecule has 22 heavy (non-hydrogen) atoms. The minimum absolute atomic E-state index is 0.201. The average molecular weight is 297 g/mol. The van der Waals surface area contributed by atoms with Crippen LogP contribution in [0.3, 0.4) is 0 Å². The molecule has 2 heterocycles. The highest BCUT2D eigenvalue weighted by atomic mass is 16.5. The van der Waals surface area contributed by atoms with Gasteiger partial charge in [0.05, 0.1) is 19.0 Å². The van der Waals surface area contributed by atoms with Crippen LogP contribution in [0.4, 0.5) is 5.82 Å². The van der Waals surface area contributed by atoms with E-state index in [1.807, 2.05) is 37.3 Å². The number of carbonyl (C=O) groups excluding carboxylic acids is 1. The number of anilines is 1. The SMILES string of the molecule is COc1cn(-c2ccccc2)nc1C(=O)Nc1cc(C)[nH]n1. The van der Waals surface area contributed by atoms with Gasteiger partial charge in [-0.15, -0.1) is 0 Å². The predicted molar refractivity (Wildman–Crippen MR) is 81.4 cm³/mol. The monoisotopic (exact) mass is 297 g/mol. The van der Waals surface area contributed by atoms with Gasteiger partial charge < -0.3 is 10.1 Å². The molecule has 0 fully saturated rings. The van der Waals surface area contributed by atoms with Gasteiger partial charge in [-0.25, -0.2) is 4.68 Å². The lowest BCUT2D eigenvalue weighted by atomic mass is 10.3. The first-order valence-corrected chi connectivity index (χ1v) is 6.70. The third kappa shape index (κ3) is 2.69. The number of hydrogen-bond acceptors (Lipinski definition) is 4. The van der Waals surface area contributed by atoms with E-state index in [4.69, 9.17) is 4.74 Å². The van der Waals surface area contributed by atoms with Crippen molar-refractivity contribution in [2.45, 2.75) is 6.92 Å². The van der Waals surface area contributed by atoms with E-state index >= 15 is 0 Å². The number of rotatable bonds is 4. The van der Waals surface area contributed by atoms with E-state index in [0.29, 0.717) is 11.6 Å². The van der Waals surface area contributed by atoms with Crippen molar-refractivity contribution < 1.29 is 9.53 Å². The van der Waals surface area contributed by atoms with Crippen LogP contribution in [0.2, 0.25) is 0 Å². The Labute approximate surface area is 126 Å². The number of carbonyl (C=O) groups is 1. The summed E-state index contributed by atoms with van der Waals surface area (Å²) in [6.07, 6.45) is 1.67. The first kappa shape index (κ1) is 13.9. The number of nitrogens with zero attached hydrogens (tertiary/aromatic N) is 3. The van der Waals surface area contributed by atoms with Gasteiger partial charge in [0.15, 0.2) is 17.3 Å². The van der Waals surface area contributed by atoms with Crippen molar-refractivity contribution in [1.29, 1.82) is 0 Å². The number of ether oxygens (including phenoxy) is 1. The maximum Gasteiger partial charge on any atom is 0.281 e. The van der Waals surface area contributed by atoms with E-state index in [0.717, 1.165) is 11.4 Å². The number of H-pyrrole nitrogens is 1. The molecular weight excluding hydrogens is 282 g/mol. The fourth-order valence-electron chi connectivity index (χ4n) is 2.04. The molecule has 0 unspecified atom stereocenters. The molecule has 0 aliphatic heterocycles. The van der Waals surface area contributed by atoms with Crippen LogP contribution in [0.5, 0.6) is 5.75 Å². The molecule has 3 rings (SSSR count).